The Morgan fingerprint density at radius 2 is 1.70 bits per heavy atom. The summed E-state index contributed by atoms with van der Waals surface area (Å²) in [7, 11) is 0. The van der Waals surface area contributed by atoms with Crippen LogP contribution in [0.15, 0.2) is 30.3 Å². The Morgan fingerprint density at radius 1 is 1.00 bits per heavy atom. The van der Waals surface area contributed by atoms with Crippen LogP contribution in [-0.2, 0) is 0 Å². The third-order valence-electron chi connectivity index (χ3n) is 2.47. The van der Waals surface area contributed by atoms with Crippen LogP contribution >= 0.6 is 0 Å². The number of halogens is 4. The Kier molecular flexibility index (Phi) is 3.60. The van der Waals surface area contributed by atoms with Crippen LogP contribution in [0.25, 0.3) is 0 Å². The van der Waals surface area contributed by atoms with E-state index in [4.69, 9.17) is 5.73 Å². The molecular formula is C13H8F4N2O. The summed E-state index contributed by atoms with van der Waals surface area (Å²) in [5, 5.41) is 2.01. The van der Waals surface area contributed by atoms with E-state index in [0.29, 0.717) is 6.07 Å². The first-order valence-electron chi connectivity index (χ1n) is 5.39. The van der Waals surface area contributed by atoms with Crippen molar-refractivity contribution in [2.45, 2.75) is 0 Å². The smallest absolute Gasteiger partial charge is 0.255 e. The number of carbonyl (C=O) groups excluding carboxylic acids is 1. The average molecular weight is 284 g/mol. The highest BCUT2D eigenvalue weighted by atomic mass is 19.2. The molecule has 0 fully saturated rings. The van der Waals surface area contributed by atoms with Gasteiger partial charge < -0.3 is 11.1 Å². The number of hydrogen-bond acceptors (Lipinski definition) is 2. The monoisotopic (exact) mass is 284 g/mol. The molecule has 0 bridgehead atoms. The zero-order valence-corrected chi connectivity index (χ0v) is 9.88. The Hall–Kier alpha value is -2.57. The molecule has 0 aromatic heterocycles. The molecule has 0 unspecified atom stereocenters. The van der Waals surface area contributed by atoms with Crippen LogP contribution in [0.1, 0.15) is 10.4 Å². The van der Waals surface area contributed by atoms with E-state index in [9.17, 15) is 22.4 Å². The van der Waals surface area contributed by atoms with Crippen LogP contribution in [0.3, 0.4) is 0 Å². The van der Waals surface area contributed by atoms with E-state index in [1.807, 2.05) is 5.32 Å². The number of anilines is 2. The molecular weight excluding hydrogens is 276 g/mol. The fraction of sp³-hybridized carbons (Fsp3) is 0. The maximum Gasteiger partial charge on any atom is 0.255 e. The predicted octanol–water partition coefficient (Wildman–Crippen LogP) is 3.08. The first kappa shape index (κ1) is 13.9. The summed E-state index contributed by atoms with van der Waals surface area (Å²) in [5.41, 5.74) is 4.63. The van der Waals surface area contributed by atoms with Gasteiger partial charge in [-0.3, -0.25) is 4.79 Å². The summed E-state index contributed by atoms with van der Waals surface area (Å²) in [6, 6.07) is 4.55. The topological polar surface area (TPSA) is 55.1 Å². The lowest BCUT2D eigenvalue weighted by atomic mass is 10.1. The SMILES string of the molecule is Nc1cc(F)cc(C(=O)Nc2ccc(F)c(F)c2F)c1. The van der Waals surface area contributed by atoms with E-state index in [2.05, 4.69) is 0 Å². The van der Waals surface area contributed by atoms with Crippen molar-refractivity contribution in [1.82, 2.24) is 0 Å². The fourth-order valence-electron chi connectivity index (χ4n) is 1.56. The molecule has 0 aliphatic rings. The second kappa shape index (κ2) is 5.20. The normalized spacial score (nSPS) is 10.4. The van der Waals surface area contributed by atoms with Crippen LogP contribution in [0, 0.1) is 23.3 Å². The number of amides is 1. The van der Waals surface area contributed by atoms with Gasteiger partial charge >= 0.3 is 0 Å². The van der Waals surface area contributed by atoms with Gasteiger partial charge in [0, 0.05) is 11.3 Å². The molecule has 0 aliphatic carbocycles. The maximum absolute atomic E-state index is 13.4. The third-order valence-corrected chi connectivity index (χ3v) is 2.47. The molecule has 0 radical (unpaired) electrons. The lowest BCUT2D eigenvalue weighted by Crippen LogP contribution is -2.14. The van der Waals surface area contributed by atoms with Crippen molar-refractivity contribution in [3.8, 4) is 0 Å². The van der Waals surface area contributed by atoms with Crippen LogP contribution in [0.2, 0.25) is 0 Å². The third kappa shape index (κ3) is 2.71. The largest absolute Gasteiger partial charge is 0.399 e. The van der Waals surface area contributed by atoms with Crippen LogP contribution in [-0.4, -0.2) is 5.91 Å². The quantitative estimate of drug-likeness (QED) is 0.506. The summed E-state index contributed by atoms with van der Waals surface area (Å²) in [5.74, 6) is -6.28. The van der Waals surface area contributed by atoms with Crippen molar-refractivity contribution in [1.29, 1.82) is 0 Å². The van der Waals surface area contributed by atoms with E-state index in [-0.39, 0.29) is 11.3 Å². The van der Waals surface area contributed by atoms with E-state index < -0.39 is 34.9 Å². The van der Waals surface area contributed by atoms with Gasteiger partial charge in [0.2, 0.25) is 0 Å². The number of hydrogen-bond donors (Lipinski definition) is 2. The van der Waals surface area contributed by atoms with Crippen molar-refractivity contribution in [2.75, 3.05) is 11.1 Å². The molecule has 3 nitrogen and oxygen atoms in total. The Morgan fingerprint density at radius 3 is 2.35 bits per heavy atom. The van der Waals surface area contributed by atoms with Gasteiger partial charge in [0.25, 0.3) is 5.91 Å². The first-order valence-corrected chi connectivity index (χ1v) is 5.39. The molecule has 0 atom stereocenters. The summed E-state index contributed by atoms with van der Waals surface area (Å²) < 4.78 is 52.2. The van der Waals surface area contributed by atoms with Gasteiger partial charge in [-0.15, -0.1) is 0 Å². The average Bonchev–Trinajstić information content (AvgIpc) is 2.38. The minimum absolute atomic E-state index is 0.000841. The summed E-state index contributed by atoms with van der Waals surface area (Å²) in [6.45, 7) is 0. The number of rotatable bonds is 2. The predicted molar refractivity (Wildman–Crippen MR) is 65.1 cm³/mol. The second-order valence-electron chi connectivity index (χ2n) is 3.95. The molecule has 1 amide bonds. The molecule has 0 saturated carbocycles. The number of nitrogen functional groups attached to an aromatic ring is 1. The summed E-state index contributed by atoms with van der Waals surface area (Å²) in [6.07, 6.45) is 0. The van der Waals surface area contributed by atoms with Crippen LogP contribution in [0.5, 0.6) is 0 Å². The molecule has 3 N–H and O–H groups in total. The highest BCUT2D eigenvalue weighted by Crippen LogP contribution is 2.21. The highest BCUT2D eigenvalue weighted by molar-refractivity contribution is 6.04. The lowest BCUT2D eigenvalue weighted by molar-refractivity contribution is 0.102. The van der Waals surface area contributed by atoms with Gasteiger partial charge in [0.15, 0.2) is 17.5 Å². The second-order valence-corrected chi connectivity index (χ2v) is 3.95. The first-order chi connectivity index (χ1) is 9.38. The van der Waals surface area contributed by atoms with Crippen molar-refractivity contribution >= 4 is 17.3 Å². The fourth-order valence-corrected chi connectivity index (χ4v) is 1.56. The van der Waals surface area contributed by atoms with Gasteiger partial charge in [-0.25, -0.2) is 17.6 Å². The van der Waals surface area contributed by atoms with Crippen molar-refractivity contribution < 1.29 is 22.4 Å². The highest BCUT2D eigenvalue weighted by Gasteiger charge is 2.16. The van der Waals surface area contributed by atoms with Crippen LogP contribution in [0.4, 0.5) is 28.9 Å². The zero-order valence-electron chi connectivity index (χ0n) is 9.88. The van der Waals surface area contributed by atoms with Gasteiger partial charge in [0.05, 0.1) is 5.69 Å². The molecule has 7 heteroatoms. The van der Waals surface area contributed by atoms with Crippen molar-refractivity contribution in [3.05, 3.63) is 59.2 Å². The molecule has 0 saturated heterocycles. The van der Waals surface area contributed by atoms with E-state index in [1.54, 1.807) is 0 Å². The van der Waals surface area contributed by atoms with Gasteiger partial charge in [-0.1, -0.05) is 0 Å². The van der Waals surface area contributed by atoms with E-state index in [1.165, 1.54) is 0 Å². The molecule has 2 rings (SSSR count). The lowest BCUT2D eigenvalue weighted by Gasteiger charge is -2.08. The minimum Gasteiger partial charge on any atom is -0.399 e. The zero-order chi connectivity index (χ0) is 14.9. The number of nitrogens with two attached hydrogens (primary N) is 1. The molecule has 0 aliphatic heterocycles. The molecule has 104 valence electrons. The van der Waals surface area contributed by atoms with Gasteiger partial charge in [-0.2, -0.15) is 0 Å². The molecule has 0 spiro atoms. The number of nitrogens with one attached hydrogen (secondary N) is 1. The Labute approximate surface area is 111 Å². The van der Waals surface area contributed by atoms with Crippen LogP contribution < -0.4 is 11.1 Å². The van der Waals surface area contributed by atoms with Crippen molar-refractivity contribution in [3.63, 3.8) is 0 Å². The Bertz CT molecular complexity index is 668. The standard InChI is InChI=1S/C13H8F4N2O/c14-7-3-6(4-8(18)5-7)13(20)19-10-2-1-9(15)11(16)12(10)17/h1-5H,18H2,(H,19,20). The number of benzene rings is 2. The molecule has 20 heavy (non-hydrogen) atoms. The van der Waals surface area contributed by atoms with E-state index >= 15 is 0 Å². The maximum atomic E-state index is 13.4. The minimum atomic E-state index is -1.71. The van der Waals surface area contributed by atoms with Crippen molar-refractivity contribution in [2.24, 2.45) is 0 Å². The molecule has 0 heterocycles. The number of carbonyl (C=O) groups is 1. The van der Waals surface area contributed by atoms with Gasteiger partial charge in [0.1, 0.15) is 5.82 Å². The van der Waals surface area contributed by atoms with Gasteiger partial charge in [-0.05, 0) is 30.3 Å². The summed E-state index contributed by atoms with van der Waals surface area (Å²) in [4.78, 5) is 11.8. The Balaban J connectivity index is 2.30. The molecule has 2 aromatic rings. The molecule has 2 aromatic carbocycles. The van der Waals surface area contributed by atoms with E-state index in [0.717, 1.165) is 24.3 Å². The summed E-state index contributed by atoms with van der Waals surface area (Å²) >= 11 is 0.